The highest BCUT2D eigenvalue weighted by atomic mass is 35.5. The molecule has 0 aliphatic heterocycles. The van der Waals surface area contributed by atoms with E-state index in [0.29, 0.717) is 21.6 Å². The van der Waals surface area contributed by atoms with Crippen LogP contribution in [0.25, 0.3) is 0 Å². The van der Waals surface area contributed by atoms with E-state index in [9.17, 15) is 9.59 Å². The van der Waals surface area contributed by atoms with Crippen LogP contribution in [0.4, 0.5) is 0 Å². The van der Waals surface area contributed by atoms with E-state index in [4.69, 9.17) is 37.5 Å². The van der Waals surface area contributed by atoms with Crippen LogP contribution in [0.2, 0.25) is 10.0 Å². The average molecular weight is 372 g/mol. The summed E-state index contributed by atoms with van der Waals surface area (Å²) in [6.45, 7) is 3.17. The molecule has 0 bridgehead atoms. The minimum atomic E-state index is -1.08. The van der Waals surface area contributed by atoms with E-state index in [-0.39, 0.29) is 17.9 Å². The van der Waals surface area contributed by atoms with E-state index in [1.165, 1.54) is 6.07 Å². The largest absolute Gasteiger partial charge is 0.481 e. The van der Waals surface area contributed by atoms with E-state index in [1.54, 1.807) is 32.0 Å². The van der Waals surface area contributed by atoms with E-state index in [0.717, 1.165) is 0 Å². The van der Waals surface area contributed by atoms with Crippen LogP contribution in [-0.4, -0.2) is 23.1 Å². The zero-order valence-corrected chi connectivity index (χ0v) is 14.4. The van der Waals surface area contributed by atoms with Crippen molar-refractivity contribution in [2.45, 2.75) is 26.5 Å². The zero-order valence-electron chi connectivity index (χ0n) is 12.9. The van der Waals surface area contributed by atoms with E-state index >= 15 is 0 Å². The number of carbonyl (C=O) groups excluding carboxylic acids is 1. The number of carboxylic acids is 1. The van der Waals surface area contributed by atoms with Crippen LogP contribution in [0.1, 0.15) is 28.8 Å². The molecule has 0 saturated carbocycles. The maximum absolute atomic E-state index is 12.1. The fraction of sp³-hybridized carbons (Fsp3) is 0.250. The van der Waals surface area contributed by atoms with Crippen molar-refractivity contribution < 1.29 is 23.8 Å². The molecule has 8 heteroatoms. The normalized spacial score (nSPS) is 11.8. The summed E-state index contributed by atoms with van der Waals surface area (Å²) in [7, 11) is 0. The SMILES string of the molecule is Cc1oc(CNC(=O)C(C)Oc2cc(Cl)cc(Cl)c2)cc1C(=O)O. The summed E-state index contributed by atoms with van der Waals surface area (Å²) in [5.74, 6) is -0.474. The Morgan fingerprint density at radius 2 is 1.88 bits per heavy atom. The number of carboxylic acid groups (broad SMARTS) is 1. The first-order chi connectivity index (χ1) is 11.3. The minimum absolute atomic E-state index is 0.0525. The second-order valence-electron chi connectivity index (χ2n) is 5.07. The topological polar surface area (TPSA) is 88.8 Å². The molecule has 1 unspecified atom stereocenters. The lowest BCUT2D eigenvalue weighted by Gasteiger charge is -2.14. The third-order valence-corrected chi connectivity index (χ3v) is 3.59. The van der Waals surface area contributed by atoms with E-state index < -0.39 is 18.0 Å². The standard InChI is InChI=1S/C16H15Cl2NO5/c1-8-14(16(21)22)6-13(23-8)7-19-15(20)9(2)24-12-4-10(17)3-11(18)5-12/h3-6,9H,7H2,1-2H3,(H,19,20)(H,21,22). The van der Waals surface area contributed by atoms with Gasteiger partial charge in [-0.05, 0) is 38.1 Å². The summed E-state index contributed by atoms with van der Waals surface area (Å²) in [4.78, 5) is 23.0. The minimum Gasteiger partial charge on any atom is -0.481 e. The van der Waals surface area contributed by atoms with Crippen molar-refractivity contribution in [3.63, 3.8) is 0 Å². The molecule has 128 valence electrons. The number of furan rings is 1. The van der Waals surface area contributed by atoms with Crippen LogP contribution in [0.5, 0.6) is 5.75 Å². The highest BCUT2D eigenvalue weighted by Crippen LogP contribution is 2.25. The summed E-state index contributed by atoms with van der Waals surface area (Å²) in [5, 5.41) is 12.4. The van der Waals surface area contributed by atoms with Gasteiger partial charge in [-0.3, -0.25) is 4.79 Å². The third kappa shape index (κ3) is 4.66. The Hall–Kier alpha value is -2.18. The molecule has 1 heterocycles. The summed E-state index contributed by atoms with van der Waals surface area (Å²) in [6, 6.07) is 6.03. The number of ether oxygens (including phenoxy) is 1. The van der Waals surface area contributed by atoms with Gasteiger partial charge in [0.2, 0.25) is 0 Å². The van der Waals surface area contributed by atoms with Gasteiger partial charge in [0, 0.05) is 10.0 Å². The summed E-state index contributed by atoms with van der Waals surface area (Å²) >= 11 is 11.7. The van der Waals surface area contributed by atoms with Gasteiger partial charge >= 0.3 is 5.97 Å². The molecule has 1 aromatic carbocycles. The second kappa shape index (κ2) is 7.59. The molecule has 1 aromatic heterocycles. The lowest BCUT2D eigenvalue weighted by Crippen LogP contribution is -2.35. The highest BCUT2D eigenvalue weighted by Gasteiger charge is 2.17. The van der Waals surface area contributed by atoms with Gasteiger partial charge in [-0.2, -0.15) is 0 Å². The molecule has 2 rings (SSSR count). The molecule has 2 aromatic rings. The molecule has 0 saturated heterocycles. The maximum Gasteiger partial charge on any atom is 0.339 e. The van der Waals surface area contributed by atoms with Gasteiger partial charge in [-0.25, -0.2) is 4.79 Å². The number of benzene rings is 1. The molecule has 1 amide bonds. The number of rotatable bonds is 6. The van der Waals surface area contributed by atoms with Crippen molar-refractivity contribution in [2.75, 3.05) is 0 Å². The molecule has 0 aliphatic rings. The average Bonchev–Trinajstić information content (AvgIpc) is 2.84. The van der Waals surface area contributed by atoms with Crippen LogP contribution in [-0.2, 0) is 11.3 Å². The number of hydrogen-bond donors (Lipinski definition) is 2. The molecule has 0 aliphatic carbocycles. The van der Waals surface area contributed by atoms with E-state index in [2.05, 4.69) is 5.32 Å². The van der Waals surface area contributed by atoms with Crippen LogP contribution < -0.4 is 10.1 Å². The molecular weight excluding hydrogens is 357 g/mol. The quantitative estimate of drug-likeness (QED) is 0.808. The Morgan fingerprint density at radius 3 is 2.42 bits per heavy atom. The molecule has 0 spiro atoms. The third-order valence-electron chi connectivity index (χ3n) is 3.15. The molecule has 6 nitrogen and oxygen atoms in total. The highest BCUT2D eigenvalue weighted by molar-refractivity contribution is 6.34. The molecule has 24 heavy (non-hydrogen) atoms. The van der Waals surface area contributed by atoms with Crippen molar-refractivity contribution >= 4 is 35.1 Å². The molecule has 1 atom stereocenters. The Bertz CT molecular complexity index is 752. The van der Waals surface area contributed by atoms with Crippen molar-refractivity contribution in [3.8, 4) is 5.75 Å². The van der Waals surface area contributed by atoms with Gasteiger partial charge in [0.15, 0.2) is 6.10 Å². The zero-order chi connectivity index (χ0) is 17.9. The van der Waals surface area contributed by atoms with Gasteiger partial charge < -0.3 is 19.6 Å². The summed E-state index contributed by atoms with van der Waals surface area (Å²) in [6.07, 6.45) is -0.797. The van der Waals surface area contributed by atoms with Crippen molar-refractivity contribution in [1.82, 2.24) is 5.32 Å². The summed E-state index contributed by atoms with van der Waals surface area (Å²) < 4.78 is 10.8. The van der Waals surface area contributed by atoms with Crippen molar-refractivity contribution in [1.29, 1.82) is 0 Å². The van der Waals surface area contributed by atoms with Gasteiger partial charge in [-0.15, -0.1) is 0 Å². The molecule has 0 fully saturated rings. The first-order valence-electron chi connectivity index (χ1n) is 6.99. The number of hydrogen-bond acceptors (Lipinski definition) is 4. The number of aromatic carboxylic acids is 1. The smallest absolute Gasteiger partial charge is 0.339 e. The first-order valence-corrected chi connectivity index (χ1v) is 7.75. The van der Waals surface area contributed by atoms with Crippen LogP contribution >= 0.6 is 23.2 Å². The van der Waals surface area contributed by atoms with Gasteiger partial charge in [0.25, 0.3) is 5.91 Å². The monoisotopic (exact) mass is 371 g/mol. The number of carbonyl (C=O) groups is 2. The predicted octanol–water partition coefficient (Wildman–Crippen LogP) is 3.68. The number of halogens is 2. The van der Waals surface area contributed by atoms with Crippen molar-refractivity contribution in [2.24, 2.45) is 0 Å². The maximum atomic E-state index is 12.1. The fourth-order valence-corrected chi connectivity index (χ4v) is 2.52. The van der Waals surface area contributed by atoms with Gasteiger partial charge in [-0.1, -0.05) is 23.2 Å². The number of nitrogens with one attached hydrogen (secondary N) is 1. The molecule has 2 N–H and O–H groups in total. The van der Waals surface area contributed by atoms with Gasteiger partial charge in [0.1, 0.15) is 22.8 Å². The Balaban J connectivity index is 1.94. The lowest BCUT2D eigenvalue weighted by molar-refractivity contribution is -0.127. The first kappa shape index (κ1) is 18.2. The molecular formula is C16H15Cl2NO5. The Labute approximate surface area is 148 Å². The number of amides is 1. The predicted molar refractivity (Wildman–Crippen MR) is 88.8 cm³/mol. The summed E-state index contributed by atoms with van der Waals surface area (Å²) in [5.41, 5.74) is 0.0668. The second-order valence-corrected chi connectivity index (χ2v) is 5.94. The lowest BCUT2D eigenvalue weighted by atomic mass is 10.2. The molecule has 0 radical (unpaired) electrons. The van der Waals surface area contributed by atoms with Crippen LogP contribution in [0.15, 0.2) is 28.7 Å². The van der Waals surface area contributed by atoms with E-state index in [1.807, 2.05) is 0 Å². The van der Waals surface area contributed by atoms with Crippen LogP contribution in [0.3, 0.4) is 0 Å². The Morgan fingerprint density at radius 1 is 1.25 bits per heavy atom. The van der Waals surface area contributed by atoms with Crippen molar-refractivity contribution in [3.05, 3.63) is 51.4 Å². The number of aryl methyl sites for hydroxylation is 1. The van der Waals surface area contributed by atoms with Crippen LogP contribution in [0, 0.1) is 6.92 Å². The van der Waals surface area contributed by atoms with Gasteiger partial charge in [0.05, 0.1) is 6.54 Å². The Kier molecular flexibility index (Phi) is 5.75. The fourth-order valence-electron chi connectivity index (χ4n) is 2.02.